The van der Waals surface area contributed by atoms with Gasteiger partial charge in [0.1, 0.15) is 0 Å². The van der Waals surface area contributed by atoms with Crippen molar-refractivity contribution in [2.75, 3.05) is 12.3 Å². The predicted molar refractivity (Wildman–Crippen MR) is 66.0 cm³/mol. The molecule has 3 atom stereocenters. The molecule has 1 rings (SSSR count). The van der Waals surface area contributed by atoms with Gasteiger partial charge >= 0.3 is 0 Å². The van der Waals surface area contributed by atoms with E-state index in [-0.39, 0.29) is 5.91 Å². The maximum absolute atomic E-state index is 12.2. The van der Waals surface area contributed by atoms with Crippen LogP contribution >= 0.6 is 11.8 Å². The van der Waals surface area contributed by atoms with Crippen LogP contribution in [0, 0.1) is 0 Å². The number of carbonyl (C=O) groups is 1. The van der Waals surface area contributed by atoms with Gasteiger partial charge in [0.2, 0.25) is 5.91 Å². The van der Waals surface area contributed by atoms with Crippen LogP contribution in [0.25, 0.3) is 0 Å². The zero-order chi connectivity index (χ0) is 11.6. The minimum atomic E-state index is -0.698. The van der Waals surface area contributed by atoms with Crippen molar-refractivity contribution in [2.45, 2.75) is 50.9 Å². The van der Waals surface area contributed by atoms with Gasteiger partial charge in [-0.3, -0.25) is 4.79 Å². The fourth-order valence-corrected chi connectivity index (χ4v) is 2.80. The molecule has 88 valence electrons. The van der Waals surface area contributed by atoms with E-state index in [0.29, 0.717) is 17.7 Å². The first kappa shape index (κ1) is 12.8. The highest BCUT2D eigenvalue weighted by molar-refractivity contribution is 8.00. The predicted octanol–water partition coefficient (Wildman–Crippen LogP) is 1.47. The Morgan fingerprint density at radius 2 is 2.20 bits per heavy atom. The highest BCUT2D eigenvalue weighted by Gasteiger charge is 2.36. The standard InChI is InChI=1S/C11H22N2OS/c1-5-11(4,12)10(14)13-6-7-15-9(3)8(13)2/h8-9H,5-7,12H2,1-4H3. The van der Waals surface area contributed by atoms with E-state index in [0.717, 1.165) is 12.3 Å². The van der Waals surface area contributed by atoms with Crippen LogP contribution < -0.4 is 5.73 Å². The van der Waals surface area contributed by atoms with Crippen LogP contribution in [0.5, 0.6) is 0 Å². The Bertz CT molecular complexity index is 243. The summed E-state index contributed by atoms with van der Waals surface area (Å²) in [5, 5.41) is 0.510. The van der Waals surface area contributed by atoms with Crippen LogP contribution in [0.2, 0.25) is 0 Å². The fraction of sp³-hybridized carbons (Fsp3) is 0.909. The van der Waals surface area contributed by atoms with Gasteiger partial charge in [-0.1, -0.05) is 13.8 Å². The SMILES string of the molecule is CCC(C)(N)C(=O)N1CCSC(C)C1C. The third-order valence-corrected chi connectivity index (χ3v) is 4.71. The lowest BCUT2D eigenvalue weighted by Crippen LogP contribution is -2.58. The van der Waals surface area contributed by atoms with Crippen molar-refractivity contribution in [1.29, 1.82) is 0 Å². The molecular formula is C11H22N2OS. The molecule has 1 amide bonds. The molecule has 3 nitrogen and oxygen atoms in total. The Morgan fingerprint density at radius 3 is 2.73 bits per heavy atom. The molecule has 0 aromatic rings. The van der Waals surface area contributed by atoms with Crippen molar-refractivity contribution in [1.82, 2.24) is 4.90 Å². The average Bonchev–Trinajstić information content (AvgIpc) is 2.21. The molecule has 0 aromatic carbocycles. The molecule has 0 spiro atoms. The van der Waals surface area contributed by atoms with E-state index in [9.17, 15) is 4.79 Å². The fourth-order valence-electron chi connectivity index (χ4n) is 1.70. The van der Waals surface area contributed by atoms with Crippen molar-refractivity contribution < 1.29 is 4.79 Å². The van der Waals surface area contributed by atoms with Gasteiger partial charge in [-0.2, -0.15) is 11.8 Å². The van der Waals surface area contributed by atoms with Crippen molar-refractivity contribution in [3.8, 4) is 0 Å². The van der Waals surface area contributed by atoms with Crippen molar-refractivity contribution in [3.05, 3.63) is 0 Å². The Labute approximate surface area is 96.8 Å². The number of nitrogens with zero attached hydrogens (tertiary/aromatic N) is 1. The molecule has 1 fully saturated rings. The molecule has 0 saturated carbocycles. The van der Waals surface area contributed by atoms with E-state index in [1.165, 1.54) is 0 Å². The van der Waals surface area contributed by atoms with Gasteiger partial charge in [0.25, 0.3) is 0 Å². The lowest BCUT2D eigenvalue weighted by atomic mass is 9.97. The molecule has 1 heterocycles. The topological polar surface area (TPSA) is 46.3 Å². The lowest BCUT2D eigenvalue weighted by molar-refractivity contribution is -0.138. The first-order chi connectivity index (χ1) is 6.90. The normalized spacial score (nSPS) is 31.1. The Morgan fingerprint density at radius 1 is 1.60 bits per heavy atom. The van der Waals surface area contributed by atoms with Crippen LogP contribution in [-0.2, 0) is 4.79 Å². The van der Waals surface area contributed by atoms with E-state index >= 15 is 0 Å². The number of hydrogen-bond donors (Lipinski definition) is 1. The van der Waals surface area contributed by atoms with Gasteiger partial charge in [0, 0.05) is 23.6 Å². The second-order valence-electron chi connectivity index (χ2n) is 4.59. The Balaban J connectivity index is 2.74. The third kappa shape index (κ3) is 2.67. The van der Waals surface area contributed by atoms with Crippen LogP contribution in [0.3, 0.4) is 0 Å². The zero-order valence-corrected chi connectivity index (χ0v) is 10.9. The summed E-state index contributed by atoms with van der Waals surface area (Å²) in [6.45, 7) is 8.91. The van der Waals surface area contributed by atoms with Gasteiger partial charge in [0.15, 0.2) is 0 Å². The smallest absolute Gasteiger partial charge is 0.242 e. The maximum Gasteiger partial charge on any atom is 0.242 e. The van der Waals surface area contributed by atoms with Gasteiger partial charge < -0.3 is 10.6 Å². The highest BCUT2D eigenvalue weighted by atomic mass is 32.2. The molecule has 0 aliphatic carbocycles. The van der Waals surface area contributed by atoms with E-state index in [2.05, 4.69) is 13.8 Å². The van der Waals surface area contributed by atoms with E-state index < -0.39 is 5.54 Å². The minimum absolute atomic E-state index is 0.102. The quantitative estimate of drug-likeness (QED) is 0.781. The van der Waals surface area contributed by atoms with Crippen LogP contribution in [0.4, 0.5) is 0 Å². The molecule has 0 bridgehead atoms. The second kappa shape index (κ2) is 4.74. The first-order valence-electron chi connectivity index (χ1n) is 5.61. The molecule has 1 saturated heterocycles. The Kier molecular flexibility index (Phi) is 4.06. The summed E-state index contributed by atoms with van der Waals surface area (Å²) in [4.78, 5) is 14.1. The molecule has 1 aliphatic heterocycles. The average molecular weight is 230 g/mol. The van der Waals surface area contributed by atoms with Crippen molar-refractivity contribution in [2.24, 2.45) is 5.73 Å². The lowest BCUT2D eigenvalue weighted by Gasteiger charge is -2.41. The van der Waals surface area contributed by atoms with Gasteiger partial charge in [-0.15, -0.1) is 0 Å². The highest BCUT2D eigenvalue weighted by Crippen LogP contribution is 2.26. The minimum Gasteiger partial charge on any atom is -0.336 e. The molecule has 15 heavy (non-hydrogen) atoms. The Hall–Kier alpha value is -0.220. The van der Waals surface area contributed by atoms with Crippen LogP contribution in [0.15, 0.2) is 0 Å². The second-order valence-corrected chi connectivity index (χ2v) is 6.07. The summed E-state index contributed by atoms with van der Waals surface area (Å²) < 4.78 is 0. The molecule has 0 radical (unpaired) electrons. The van der Waals surface area contributed by atoms with Crippen molar-refractivity contribution in [3.63, 3.8) is 0 Å². The largest absolute Gasteiger partial charge is 0.336 e. The van der Waals surface area contributed by atoms with Gasteiger partial charge in [0.05, 0.1) is 5.54 Å². The number of hydrogen-bond acceptors (Lipinski definition) is 3. The maximum atomic E-state index is 12.2. The van der Waals surface area contributed by atoms with Crippen molar-refractivity contribution >= 4 is 17.7 Å². The van der Waals surface area contributed by atoms with E-state index in [1.54, 1.807) is 0 Å². The molecule has 2 N–H and O–H groups in total. The number of amides is 1. The molecule has 1 aliphatic rings. The number of nitrogens with two attached hydrogens (primary N) is 1. The molecule has 4 heteroatoms. The summed E-state index contributed by atoms with van der Waals surface area (Å²) in [6, 6.07) is 0.297. The van der Waals surface area contributed by atoms with E-state index in [4.69, 9.17) is 5.73 Å². The summed E-state index contributed by atoms with van der Waals surface area (Å²) in [7, 11) is 0. The van der Waals surface area contributed by atoms with Crippen LogP contribution in [0.1, 0.15) is 34.1 Å². The summed E-state index contributed by atoms with van der Waals surface area (Å²) >= 11 is 1.93. The van der Waals surface area contributed by atoms with Gasteiger partial charge in [-0.25, -0.2) is 0 Å². The zero-order valence-electron chi connectivity index (χ0n) is 10.1. The summed E-state index contributed by atoms with van der Waals surface area (Å²) in [6.07, 6.45) is 0.691. The first-order valence-corrected chi connectivity index (χ1v) is 6.66. The number of thioether (sulfide) groups is 1. The van der Waals surface area contributed by atoms with Gasteiger partial charge in [-0.05, 0) is 20.3 Å². The summed E-state index contributed by atoms with van der Waals surface area (Å²) in [5.41, 5.74) is 5.30. The van der Waals surface area contributed by atoms with Crippen LogP contribution in [-0.4, -0.2) is 39.9 Å². The van der Waals surface area contributed by atoms with E-state index in [1.807, 2.05) is 30.5 Å². The molecule has 0 aromatic heterocycles. The molecule has 3 unspecified atom stereocenters. The third-order valence-electron chi connectivity index (χ3n) is 3.37. The number of rotatable bonds is 2. The number of carbonyl (C=O) groups excluding carboxylic acids is 1. The summed E-state index contributed by atoms with van der Waals surface area (Å²) in [5.74, 6) is 1.13. The monoisotopic (exact) mass is 230 g/mol. The molecular weight excluding hydrogens is 208 g/mol.